The third-order valence-electron chi connectivity index (χ3n) is 4.44. The zero-order valence-electron chi connectivity index (χ0n) is 13.9. The Bertz CT molecular complexity index is 611. The second-order valence-corrected chi connectivity index (χ2v) is 6.13. The van der Waals surface area contributed by atoms with Crippen LogP contribution in [0.1, 0.15) is 25.2 Å². The highest BCUT2D eigenvalue weighted by atomic mass is 35.5. The van der Waals surface area contributed by atoms with Gasteiger partial charge < -0.3 is 9.84 Å². The zero-order valence-corrected chi connectivity index (χ0v) is 14.7. The fraction of sp³-hybridized carbons (Fsp3) is 0.529. The first-order valence-electron chi connectivity index (χ1n) is 8.20. The van der Waals surface area contributed by atoms with Crippen molar-refractivity contribution in [2.24, 2.45) is 5.92 Å². The molecule has 1 saturated heterocycles. The molecule has 0 aliphatic carbocycles. The molecule has 0 atom stereocenters. The van der Waals surface area contributed by atoms with Crippen molar-refractivity contribution in [1.29, 1.82) is 0 Å². The summed E-state index contributed by atoms with van der Waals surface area (Å²) >= 11 is 0. The lowest BCUT2D eigenvalue weighted by Gasteiger charge is -2.30. The van der Waals surface area contributed by atoms with E-state index >= 15 is 0 Å². The molecular formula is C17H24ClFN4O. The molecule has 24 heavy (non-hydrogen) atoms. The molecule has 1 aliphatic rings. The van der Waals surface area contributed by atoms with E-state index < -0.39 is 0 Å². The summed E-state index contributed by atoms with van der Waals surface area (Å²) in [6, 6.07) is 6.14. The van der Waals surface area contributed by atoms with Gasteiger partial charge in [0.15, 0.2) is 0 Å². The number of aromatic nitrogens is 2. The number of nitrogens with zero attached hydrogens (tertiary/aromatic N) is 3. The lowest BCUT2D eigenvalue weighted by Crippen LogP contribution is -2.34. The molecule has 3 rings (SSSR count). The predicted molar refractivity (Wildman–Crippen MR) is 93.5 cm³/mol. The first kappa shape index (κ1) is 18.8. The minimum absolute atomic E-state index is 0. The van der Waals surface area contributed by atoms with E-state index in [2.05, 4.69) is 20.4 Å². The minimum Gasteiger partial charge on any atom is -0.338 e. The van der Waals surface area contributed by atoms with Gasteiger partial charge in [-0.25, -0.2) is 4.39 Å². The van der Waals surface area contributed by atoms with E-state index in [0.717, 1.165) is 31.1 Å². The first-order valence-corrected chi connectivity index (χ1v) is 8.20. The van der Waals surface area contributed by atoms with Gasteiger partial charge in [-0.05, 0) is 76.1 Å². The highest BCUT2D eigenvalue weighted by molar-refractivity contribution is 5.85. The first-order chi connectivity index (χ1) is 11.2. The van der Waals surface area contributed by atoms with Crippen LogP contribution >= 0.6 is 12.4 Å². The van der Waals surface area contributed by atoms with Crippen LogP contribution in [0.25, 0.3) is 11.4 Å². The Labute approximate surface area is 148 Å². The van der Waals surface area contributed by atoms with Crippen LogP contribution in [0, 0.1) is 11.7 Å². The highest BCUT2D eigenvalue weighted by Crippen LogP contribution is 2.22. The van der Waals surface area contributed by atoms with E-state index in [1.54, 1.807) is 12.1 Å². The molecule has 1 fully saturated rings. The number of rotatable bonds is 6. The van der Waals surface area contributed by atoms with Gasteiger partial charge in [0.05, 0.1) is 6.54 Å². The molecule has 0 unspecified atom stereocenters. The van der Waals surface area contributed by atoms with Gasteiger partial charge in [-0.15, -0.1) is 12.4 Å². The van der Waals surface area contributed by atoms with Crippen molar-refractivity contribution in [2.75, 3.05) is 26.7 Å². The number of hydrogen-bond donors (Lipinski definition) is 1. The summed E-state index contributed by atoms with van der Waals surface area (Å²) in [5.74, 6) is 1.69. The number of benzene rings is 1. The largest absolute Gasteiger partial charge is 0.338 e. The number of hydrogen-bond acceptors (Lipinski definition) is 5. The summed E-state index contributed by atoms with van der Waals surface area (Å²) in [6.07, 6.45) is 3.70. The van der Waals surface area contributed by atoms with Crippen LogP contribution in [0.15, 0.2) is 28.8 Å². The molecule has 0 bridgehead atoms. The average molecular weight is 355 g/mol. The van der Waals surface area contributed by atoms with E-state index in [9.17, 15) is 4.39 Å². The van der Waals surface area contributed by atoms with Gasteiger partial charge in [-0.1, -0.05) is 5.16 Å². The van der Waals surface area contributed by atoms with E-state index in [4.69, 9.17) is 4.52 Å². The Kier molecular flexibility index (Phi) is 7.15. The summed E-state index contributed by atoms with van der Waals surface area (Å²) < 4.78 is 18.3. The van der Waals surface area contributed by atoms with Crippen LogP contribution in [0.3, 0.4) is 0 Å². The van der Waals surface area contributed by atoms with Crippen LogP contribution in [-0.2, 0) is 6.54 Å². The average Bonchev–Trinajstić information content (AvgIpc) is 3.03. The van der Waals surface area contributed by atoms with Crippen LogP contribution in [0.5, 0.6) is 0 Å². The van der Waals surface area contributed by atoms with E-state index in [-0.39, 0.29) is 18.2 Å². The minimum atomic E-state index is -0.265. The van der Waals surface area contributed by atoms with Crippen LogP contribution in [-0.4, -0.2) is 41.7 Å². The molecule has 0 radical (unpaired) electrons. The number of likely N-dealkylation sites (tertiary alicyclic amines) is 1. The number of nitrogens with one attached hydrogen (secondary N) is 1. The zero-order chi connectivity index (χ0) is 16.1. The molecule has 1 aliphatic heterocycles. The fourth-order valence-electron chi connectivity index (χ4n) is 3.01. The van der Waals surface area contributed by atoms with Crippen molar-refractivity contribution in [3.63, 3.8) is 0 Å². The van der Waals surface area contributed by atoms with Crippen molar-refractivity contribution >= 4 is 12.4 Å². The summed E-state index contributed by atoms with van der Waals surface area (Å²) in [6.45, 7) is 3.92. The lowest BCUT2D eigenvalue weighted by molar-refractivity contribution is 0.155. The third kappa shape index (κ3) is 5.00. The van der Waals surface area contributed by atoms with Crippen LogP contribution in [0.2, 0.25) is 0 Å². The number of piperidine rings is 1. The van der Waals surface area contributed by atoms with Crippen molar-refractivity contribution in [3.8, 4) is 11.4 Å². The van der Waals surface area contributed by atoms with Gasteiger partial charge in [0.2, 0.25) is 11.7 Å². The van der Waals surface area contributed by atoms with Gasteiger partial charge in [0.1, 0.15) is 5.82 Å². The van der Waals surface area contributed by atoms with E-state index in [1.807, 2.05) is 7.05 Å². The molecule has 2 aromatic rings. The molecule has 0 spiro atoms. The molecule has 7 heteroatoms. The Balaban J connectivity index is 0.00000208. The number of halogens is 2. The summed E-state index contributed by atoms with van der Waals surface area (Å²) in [7, 11) is 2.00. The second-order valence-electron chi connectivity index (χ2n) is 6.13. The lowest BCUT2D eigenvalue weighted by atomic mass is 9.93. The maximum atomic E-state index is 13.0. The quantitative estimate of drug-likeness (QED) is 0.863. The van der Waals surface area contributed by atoms with Crippen molar-refractivity contribution in [2.45, 2.75) is 25.8 Å². The van der Waals surface area contributed by atoms with Crippen LogP contribution < -0.4 is 5.32 Å². The topological polar surface area (TPSA) is 54.2 Å². The summed E-state index contributed by atoms with van der Waals surface area (Å²) in [5.41, 5.74) is 0.771. The molecule has 0 saturated carbocycles. The molecule has 1 N–H and O–H groups in total. The normalized spacial score (nSPS) is 16.1. The standard InChI is InChI=1S/C17H23FN4O.ClH/c1-19-9-6-13-7-10-22(11-8-13)12-16-20-17(21-23-16)14-2-4-15(18)5-3-14;/h2-5,13,19H,6-12H2,1H3;1H. The van der Waals surface area contributed by atoms with Gasteiger partial charge in [-0.2, -0.15) is 4.98 Å². The summed E-state index contributed by atoms with van der Waals surface area (Å²) in [5, 5.41) is 7.21. The van der Waals surface area contributed by atoms with Gasteiger partial charge >= 0.3 is 0 Å². The SMILES string of the molecule is CNCCC1CCN(Cc2nc(-c3ccc(F)cc3)no2)CC1.Cl. The Morgan fingerprint density at radius 3 is 2.62 bits per heavy atom. The molecule has 1 aromatic carbocycles. The van der Waals surface area contributed by atoms with Gasteiger partial charge in [-0.3, -0.25) is 4.90 Å². The predicted octanol–water partition coefficient (Wildman–Crippen LogP) is 3.12. The molecule has 5 nitrogen and oxygen atoms in total. The van der Waals surface area contributed by atoms with Crippen molar-refractivity contribution in [3.05, 3.63) is 36.0 Å². The maximum Gasteiger partial charge on any atom is 0.241 e. The van der Waals surface area contributed by atoms with Crippen LogP contribution in [0.4, 0.5) is 4.39 Å². The molecule has 2 heterocycles. The van der Waals surface area contributed by atoms with E-state index in [0.29, 0.717) is 18.3 Å². The second kappa shape index (κ2) is 9.11. The van der Waals surface area contributed by atoms with Gasteiger partial charge in [0.25, 0.3) is 0 Å². The monoisotopic (exact) mass is 354 g/mol. The van der Waals surface area contributed by atoms with Crippen molar-refractivity contribution in [1.82, 2.24) is 20.4 Å². The molecular weight excluding hydrogens is 331 g/mol. The van der Waals surface area contributed by atoms with E-state index in [1.165, 1.54) is 31.4 Å². The Morgan fingerprint density at radius 1 is 1.25 bits per heavy atom. The summed E-state index contributed by atoms with van der Waals surface area (Å²) in [4.78, 5) is 6.78. The highest BCUT2D eigenvalue weighted by Gasteiger charge is 2.20. The smallest absolute Gasteiger partial charge is 0.241 e. The molecule has 0 amide bonds. The molecule has 1 aromatic heterocycles. The maximum absolute atomic E-state index is 13.0. The van der Waals surface area contributed by atoms with Crippen molar-refractivity contribution < 1.29 is 8.91 Å². The Morgan fingerprint density at radius 2 is 1.96 bits per heavy atom. The molecule has 132 valence electrons. The van der Waals surface area contributed by atoms with Gasteiger partial charge in [0, 0.05) is 5.56 Å². The third-order valence-corrected chi connectivity index (χ3v) is 4.44. The fourth-order valence-corrected chi connectivity index (χ4v) is 3.01. The Hall–Kier alpha value is -1.50.